The van der Waals surface area contributed by atoms with Crippen molar-refractivity contribution in [2.45, 2.75) is 105 Å². The molecule has 0 bridgehead atoms. The number of hydrogen-bond donors (Lipinski definition) is 0. The lowest BCUT2D eigenvalue weighted by Crippen LogP contribution is -2.76. The van der Waals surface area contributed by atoms with E-state index in [4.69, 9.17) is 4.74 Å². The molecule has 0 radical (unpaired) electrons. The van der Waals surface area contributed by atoms with Crippen LogP contribution < -0.4 is 4.74 Å². The van der Waals surface area contributed by atoms with Crippen LogP contribution in [0.15, 0.2) is 24.3 Å². The van der Waals surface area contributed by atoms with E-state index in [0.29, 0.717) is 25.0 Å². The fraction of sp³-hybridized carbons (Fsp3) is 0.750. The molecule has 1 aliphatic rings. The van der Waals surface area contributed by atoms with Crippen LogP contribution in [0.5, 0.6) is 5.75 Å². The average Bonchev–Trinajstić information content (AvgIpc) is 2.88. The molecule has 0 saturated heterocycles. The standard InChI is InChI=1S/C24H23F17O/c1-2-3-13-42-15-9-7-14(8-10-15)16(11-5-4-6-12-16)17(25,26)18(27,28)19(29,30)20(31,32)21(33,34)22(35,36)23(37,38)24(39,40)41/h7-10H,2-6,11-13H2,1H3. The van der Waals surface area contributed by atoms with Crippen LogP contribution in [0.2, 0.25) is 0 Å². The third-order valence-electron chi connectivity index (χ3n) is 7.20. The molecule has 1 nitrogen and oxygen atoms in total. The van der Waals surface area contributed by atoms with Crippen molar-refractivity contribution in [1.29, 1.82) is 0 Å². The number of ether oxygens (including phenoxy) is 1. The van der Waals surface area contributed by atoms with E-state index >= 15 is 8.78 Å². The second kappa shape index (κ2) is 11.1. The smallest absolute Gasteiger partial charge is 0.460 e. The van der Waals surface area contributed by atoms with Gasteiger partial charge in [-0.2, -0.15) is 74.6 Å². The highest BCUT2D eigenvalue weighted by Crippen LogP contribution is 2.67. The summed E-state index contributed by atoms with van der Waals surface area (Å²) < 4.78 is 242. The summed E-state index contributed by atoms with van der Waals surface area (Å²) in [6.45, 7) is 1.88. The van der Waals surface area contributed by atoms with Gasteiger partial charge in [0.05, 0.1) is 12.0 Å². The molecular formula is C24H23F17O. The second-order valence-corrected chi connectivity index (χ2v) is 9.89. The molecule has 2 rings (SSSR count). The van der Waals surface area contributed by atoms with Gasteiger partial charge in [-0.05, 0) is 37.0 Å². The Labute approximate surface area is 227 Å². The van der Waals surface area contributed by atoms with Crippen molar-refractivity contribution >= 4 is 0 Å². The molecule has 1 aromatic carbocycles. The monoisotopic (exact) mass is 650 g/mol. The van der Waals surface area contributed by atoms with E-state index < -0.39 is 84.3 Å². The molecule has 1 fully saturated rings. The first-order chi connectivity index (χ1) is 18.7. The number of halogens is 17. The Morgan fingerprint density at radius 1 is 0.571 bits per heavy atom. The van der Waals surface area contributed by atoms with Crippen LogP contribution >= 0.6 is 0 Å². The van der Waals surface area contributed by atoms with E-state index in [9.17, 15) is 65.9 Å². The average molecular weight is 650 g/mol. The summed E-state index contributed by atoms with van der Waals surface area (Å²) in [5, 5.41) is 0. The molecule has 0 aliphatic heterocycles. The Bertz CT molecular complexity index is 1050. The minimum Gasteiger partial charge on any atom is -0.494 e. The number of alkyl halides is 17. The summed E-state index contributed by atoms with van der Waals surface area (Å²) in [7, 11) is 0. The Balaban J connectivity index is 2.68. The first-order valence-electron chi connectivity index (χ1n) is 12.2. The van der Waals surface area contributed by atoms with Gasteiger partial charge in [-0.15, -0.1) is 0 Å². The van der Waals surface area contributed by atoms with Crippen LogP contribution in [0, 0.1) is 0 Å². The van der Waals surface area contributed by atoms with E-state index in [1.165, 1.54) is 0 Å². The van der Waals surface area contributed by atoms with Crippen molar-refractivity contribution in [3.05, 3.63) is 29.8 Å². The highest BCUT2D eigenvalue weighted by Gasteiger charge is 2.96. The van der Waals surface area contributed by atoms with Gasteiger partial charge in [0, 0.05) is 0 Å². The zero-order chi connectivity index (χ0) is 32.8. The SMILES string of the molecule is CCCCOc1ccc(C2(C(F)(F)C(F)(F)C(F)(F)C(F)(F)C(F)(F)C(F)(F)C(F)(F)C(F)(F)F)CCCCC2)cc1. The van der Waals surface area contributed by atoms with Crippen molar-refractivity contribution < 1.29 is 79.4 Å². The molecule has 0 atom stereocenters. The number of benzene rings is 1. The fourth-order valence-electron chi connectivity index (χ4n) is 4.61. The van der Waals surface area contributed by atoms with Gasteiger partial charge in [0.1, 0.15) is 5.75 Å². The molecule has 0 amide bonds. The number of rotatable bonds is 12. The molecule has 1 saturated carbocycles. The maximum Gasteiger partial charge on any atom is 0.460 e. The molecule has 0 N–H and O–H groups in total. The predicted molar refractivity (Wildman–Crippen MR) is 112 cm³/mol. The summed E-state index contributed by atoms with van der Waals surface area (Å²) in [4.78, 5) is 0. The van der Waals surface area contributed by atoms with Gasteiger partial charge in [0.25, 0.3) is 0 Å². The van der Waals surface area contributed by atoms with Crippen molar-refractivity contribution in [3.8, 4) is 5.75 Å². The molecule has 1 aliphatic carbocycles. The summed E-state index contributed by atoms with van der Waals surface area (Å²) in [6.07, 6.45) is -9.72. The summed E-state index contributed by atoms with van der Waals surface area (Å²) in [5.74, 6) is -56.5. The summed E-state index contributed by atoms with van der Waals surface area (Å²) in [6, 6.07) is 3.21. The maximum absolute atomic E-state index is 15.6. The summed E-state index contributed by atoms with van der Waals surface area (Å²) >= 11 is 0. The minimum absolute atomic E-state index is 0.0300. The Kier molecular flexibility index (Phi) is 9.50. The van der Waals surface area contributed by atoms with Gasteiger partial charge in [-0.1, -0.05) is 44.7 Å². The molecule has 0 aromatic heterocycles. The molecule has 18 heteroatoms. The van der Waals surface area contributed by atoms with Crippen LogP contribution in [0.1, 0.15) is 57.4 Å². The lowest BCUT2D eigenvalue weighted by molar-refractivity contribution is -0.464. The predicted octanol–water partition coefficient (Wildman–Crippen LogP) is 10.1. The summed E-state index contributed by atoms with van der Waals surface area (Å²) in [5.41, 5.74) is -4.42. The molecular weight excluding hydrogens is 627 g/mol. The zero-order valence-electron chi connectivity index (χ0n) is 21.3. The Hall–Kier alpha value is -2.17. The second-order valence-electron chi connectivity index (χ2n) is 9.89. The van der Waals surface area contributed by atoms with Crippen LogP contribution in [0.3, 0.4) is 0 Å². The van der Waals surface area contributed by atoms with E-state index in [1.54, 1.807) is 6.92 Å². The third kappa shape index (κ3) is 5.05. The van der Waals surface area contributed by atoms with Crippen LogP contribution in [0.25, 0.3) is 0 Å². The van der Waals surface area contributed by atoms with Crippen molar-refractivity contribution in [1.82, 2.24) is 0 Å². The van der Waals surface area contributed by atoms with Gasteiger partial charge in [0.2, 0.25) is 0 Å². The van der Waals surface area contributed by atoms with Crippen LogP contribution in [-0.4, -0.2) is 54.2 Å². The molecule has 1 aromatic rings. The molecule has 0 spiro atoms. The van der Waals surface area contributed by atoms with Crippen LogP contribution in [-0.2, 0) is 5.41 Å². The van der Waals surface area contributed by atoms with E-state index in [2.05, 4.69) is 0 Å². The lowest BCUT2D eigenvalue weighted by atomic mass is 9.62. The maximum atomic E-state index is 15.6. The van der Waals surface area contributed by atoms with Crippen molar-refractivity contribution in [2.75, 3.05) is 6.61 Å². The van der Waals surface area contributed by atoms with Gasteiger partial charge in [-0.3, -0.25) is 0 Å². The lowest BCUT2D eigenvalue weighted by Gasteiger charge is -2.49. The number of hydrogen-bond acceptors (Lipinski definition) is 1. The zero-order valence-corrected chi connectivity index (χ0v) is 21.3. The Morgan fingerprint density at radius 2 is 0.976 bits per heavy atom. The Morgan fingerprint density at radius 3 is 1.38 bits per heavy atom. The van der Waals surface area contributed by atoms with E-state index in [1.807, 2.05) is 0 Å². The molecule has 244 valence electrons. The highest BCUT2D eigenvalue weighted by atomic mass is 19.4. The van der Waals surface area contributed by atoms with E-state index in [-0.39, 0.29) is 18.8 Å². The van der Waals surface area contributed by atoms with Gasteiger partial charge >= 0.3 is 47.6 Å². The van der Waals surface area contributed by atoms with Gasteiger partial charge in [0.15, 0.2) is 0 Å². The molecule has 42 heavy (non-hydrogen) atoms. The first-order valence-corrected chi connectivity index (χ1v) is 12.2. The largest absolute Gasteiger partial charge is 0.494 e. The first kappa shape index (κ1) is 36.0. The fourth-order valence-corrected chi connectivity index (χ4v) is 4.61. The normalized spacial score (nSPS) is 18.2. The van der Waals surface area contributed by atoms with Gasteiger partial charge in [-0.25, -0.2) is 0 Å². The quantitative estimate of drug-likeness (QED) is 0.162. The van der Waals surface area contributed by atoms with Crippen molar-refractivity contribution in [3.63, 3.8) is 0 Å². The van der Waals surface area contributed by atoms with Gasteiger partial charge < -0.3 is 4.74 Å². The topological polar surface area (TPSA) is 9.23 Å². The molecule has 0 unspecified atom stereocenters. The third-order valence-corrected chi connectivity index (χ3v) is 7.20. The minimum atomic E-state index is -8.64. The molecule has 0 heterocycles. The van der Waals surface area contributed by atoms with Crippen molar-refractivity contribution in [2.24, 2.45) is 0 Å². The van der Waals surface area contributed by atoms with Crippen LogP contribution in [0.4, 0.5) is 74.6 Å². The highest BCUT2D eigenvalue weighted by molar-refractivity contribution is 5.37. The van der Waals surface area contributed by atoms with E-state index in [0.717, 1.165) is 12.1 Å². The number of unbranched alkanes of at least 4 members (excludes halogenated alkanes) is 1.